The Labute approximate surface area is 200 Å². The Hall–Kier alpha value is -3.61. The number of urea groups is 1. The number of aromatic nitrogens is 2. The number of nitrogens with one attached hydrogen (secondary N) is 2. The summed E-state index contributed by atoms with van der Waals surface area (Å²) in [6.07, 6.45) is 8.48. The summed E-state index contributed by atoms with van der Waals surface area (Å²) in [6.45, 7) is 1.84. The van der Waals surface area contributed by atoms with Gasteiger partial charge in [-0.25, -0.2) is 14.8 Å². The summed E-state index contributed by atoms with van der Waals surface area (Å²) in [5.41, 5.74) is 3.12. The van der Waals surface area contributed by atoms with Gasteiger partial charge in [0.15, 0.2) is 0 Å². The van der Waals surface area contributed by atoms with Crippen molar-refractivity contribution >= 4 is 12.0 Å². The van der Waals surface area contributed by atoms with Gasteiger partial charge >= 0.3 is 6.03 Å². The number of hydrogen-bond donors (Lipinski definition) is 2. The SMILES string of the molecule is O=C(NC1CCCCC1)N1CCc2nc(NCc3cccc(Oc4ccccc4)c3)ncc2C1. The second-order valence-electron chi connectivity index (χ2n) is 9.04. The number of benzene rings is 2. The van der Waals surface area contributed by atoms with E-state index >= 15 is 0 Å². The molecule has 0 saturated heterocycles. The van der Waals surface area contributed by atoms with Crippen molar-refractivity contribution in [2.45, 2.75) is 57.7 Å². The summed E-state index contributed by atoms with van der Waals surface area (Å²) in [5, 5.41) is 6.53. The monoisotopic (exact) mass is 457 g/mol. The van der Waals surface area contributed by atoms with Gasteiger partial charge in [-0.1, -0.05) is 49.6 Å². The van der Waals surface area contributed by atoms with Gasteiger partial charge in [0.1, 0.15) is 11.5 Å². The first kappa shape index (κ1) is 22.2. The minimum absolute atomic E-state index is 0.0392. The molecule has 7 nitrogen and oxygen atoms in total. The van der Waals surface area contributed by atoms with Gasteiger partial charge in [-0.05, 0) is 42.7 Å². The number of anilines is 1. The number of rotatable bonds is 6. The minimum atomic E-state index is 0.0392. The van der Waals surface area contributed by atoms with Crippen LogP contribution in [-0.4, -0.2) is 33.5 Å². The van der Waals surface area contributed by atoms with Crippen LogP contribution >= 0.6 is 0 Å². The smallest absolute Gasteiger partial charge is 0.317 e. The minimum Gasteiger partial charge on any atom is -0.457 e. The fourth-order valence-electron chi connectivity index (χ4n) is 4.61. The average Bonchev–Trinajstić information content (AvgIpc) is 2.88. The van der Waals surface area contributed by atoms with Crippen LogP contribution < -0.4 is 15.4 Å². The maximum absolute atomic E-state index is 12.7. The number of para-hydroxylation sites is 1. The predicted molar refractivity (Wildman–Crippen MR) is 132 cm³/mol. The highest BCUT2D eigenvalue weighted by Gasteiger charge is 2.24. The molecule has 3 aromatic rings. The third kappa shape index (κ3) is 5.65. The topological polar surface area (TPSA) is 79.4 Å². The van der Waals surface area contributed by atoms with E-state index in [9.17, 15) is 4.79 Å². The van der Waals surface area contributed by atoms with Crippen molar-refractivity contribution in [2.24, 2.45) is 0 Å². The molecule has 1 aromatic heterocycles. The highest BCUT2D eigenvalue weighted by Crippen LogP contribution is 2.23. The van der Waals surface area contributed by atoms with E-state index in [1.807, 2.05) is 65.7 Å². The molecule has 2 aliphatic rings. The first-order valence-electron chi connectivity index (χ1n) is 12.2. The Morgan fingerprint density at radius 2 is 1.85 bits per heavy atom. The number of ether oxygens (including phenoxy) is 1. The van der Waals surface area contributed by atoms with Crippen LogP contribution in [0.25, 0.3) is 0 Å². The van der Waals surface area contributed by atoms with E-state index in [4.69, 9.17) is 9.72 Å². The van der Waals surface area contributed by atoms with Crippen LogP contribution in [0.5, 0.6) is 11.5 Å². The Morgan fingerprint density at radius 3 is 2.71 bits per heavy atom. The first-order chi connectivity index (χ1) is 16.7. The van der Waals surface area contributed by atoms with E-state index in [2.05, 4.69) is 15.6 Å². The van der Waals surface area contributed by atoms with Crippen molar-refractivity contribution in [1.82, 2.24) is 20.2 Å². The Kier molecular flexibility index (Phi) is 6.89. The van der Waals surface area contributed by atoms with Crippen molar-refractivity contribution in [1.29, 1.82) is 0 Å². The Balaban J connectivity index is 1.16. The molecule has 0 bridgehead atoms. The van der Waals surface area contributed by atoms with Crippen LogP contribution in [0.15, 0.2) is 60.8 Å². The molecular formula is C27H31N5O2. The highest BCUT2D eigenvalue weighted by atomic mass is 16.5. The molecule has 1 saturated carbocycles. The summed E-state index contributed by atoms with van der Waals surface area (Å²) in [6, 6.07) is 18.1. The third-order valence-electron chi connectivity index (χ3n) is 6.48. The van der Waals surface area contributed by atoms with E-state index in [0.29, 0.717) is 31.6 Å². The van der Waals surface area contributed by atoms with Gasteiger partial charge in [0.25, 0.3) is 0 Å². The molecule has 2 amide bonds. The molecule has 34 heavy (non-hydrogen) atoms. The van der Waals surface area contributed by atoms with Crippen LogP contribution in [0.3, 0.4) is 0 Å². The van der Waals surface area contributed by atoms with Gasteiger partial charge in [0.05, 0.1) is 12.2 Å². The van der Waals surface area contributed by atoms with Gasteiger partial charge in [0, 0.05) is 37.3 Å². The molecule has 2 N–H and O–H groups in total. The molecule has 1 aliphatic heterocycles. The van der Waals surface area contributed by atoms with Crippen LogP contribution in [0.1, 0.15) is 48.9 Å². The number of carbonyl (C=O) groups is 1. The van der Waals surface area contributed by atoms with Crippen LogP contribution in [-0.2, 0) is 19.5 Å². The molecule has 0 atom stereocenters. The van der Waals surface area contributed by atoms with Crippen molar-refractivity contribution in [2.75, 3.05) is 11.9 Å². The van der Waals surface area contributed by atoms with E-state index in [0.717, 1.165) is 47.6 Å². The lowest BCUT2D eigenvalue weighted by molar-refractivity contribution is 0.184. The predicted octanol–water partition coefficient (Wildman–Crippen LogP) is 5.28. The molecule has 7 heteroatoms. The second-order valence-corrected chi connectivity index (χ2v) is 9.04. The van der Waals surface area contributed by atoms with Crippen molar-refractivity contribution in [3.8, 4) is 11.5 Å². The molecule has 2 heterocycles. The molecule has 0 unspecified atom stereocenters. The Morgan fingerprint density at radius 1 is 1.03 bits per heavy atom. The number of amides is 2. The molecule has 1 fully saturated rings. The third-order valence-corrected chi connectivity index (χ3v) is 6.48. The van der Waals surface area contributed by atoms with Gasteiger partial charge in [-0.2, -0.15) is 0 Å². The summed E-state index contributed by atoms with van der Waals surface area (Å²) >= 11 is 0. The van der Waals surface area contributed by atoms with Crippen LogP contribution in [0.4, 0.5) is 10.7 Å². The molecular weight excluding hydrogens is 426 g/mol. The van der Waals surface area contributed by atoms with Crippen molar-refractivity contribution in [3.63, 3.8) is 0 Å². The summed E-state index contributed by atoms with van der Waals surface area (Å²) in [4.78, 5) is 23.8. The Bertz CT molecular complexity index is 1120. The standard InChI is InChI=1S/C27H31N5O2/c33-27(30-22-9-3-1-4-10-22)32-15-14-25-21(19-32)18-29-26(31-25)28-17-20-8-7-13-24(16-20)34-23-11-5-2-6-12-23/h2,5-8,11-13,16,18,22H,1,3-4,9-10,14-15,17,19H2,(H,30,33)(H,28,29,31). The number of fused-ring (bicyclic) bond motifs is 1. The van der Waals surface area contributed by atoms with Crippen LogP contribution in [0.2, 0.25) is 0 Å². The molecule has 2 aromatic carbocycles. The summed E-state index contributed by atoms with van der Waals surface area (Å²) in [7, 11) is 0. The molecule has 0 spiro atoms. The van der Waals surface area contributed by atoms with Gasteiger partial charge < -0.3 is 20.3 Å². The molecule has 0 radical (unpaired) electrons. The molecule has 176 valence electrons. The normalized spacial score (nSPS) is 15.9. The lowest BCUT2D eigenvalue weighted by Gasteiger charge is -2.31. The van der Waals surface area contributed by atoms with Crippen LogP contribution in [0, 0.1) is 0 Å². The summed E-state index contributed by atoms with van der Waals surface area (Å²) < 4.78 is 5.93. The second kappa shape index (κ2) is 10.5. The van der Waals surface area contributed by atoms with E-state index in [1.165, 1.54) is 19.3 Å². The molecule has 1 aliphatic carbocycles. The fraction of sp³-hybridized carbons (Fsp3) is 0.370. The first-order valence-corrected chi connectivity index (χ1v) is 12.2. The lowest BCUT2D eigenvalue weighted by atomic mass is 9.96. The average molecular weight is 458 g/mol. The number of carbonyl (C=O) groups excluding carboxylic acids is 1. The molecule has 5 rings (SSSR count). The largest absolute Gasteiger partial charge is 0.457 e. The summed E-state index contributed by atoms with van der Waals surface area (Å²) in [5.74, 6) is 2.21. The fourth-order valence-corrected chi connectivity index (χ4v) is 4.61. The van der Waals surface area contributed by atoms with Gasteiger partial charge in [0.2, 0.25) is 5.95 Å². The number of nitrogens with zero attached hydrogens (tertiary/aromatic N) is 3. The zero-order valence-electron chi connectivity index (χ0n) is 19.4. The van der Waals surface area contributed by atoms with Crippen molar-refractivity contribution in [3.05, 3.63) is 77.6 Å². The maximum Gasteiger partial charge on any atom is 0.317 e. The number of hydrogen-bond acceptors (Lipinski definition) is 5. The van der Waals surface area contributed by atoms with Gasteiger partial charge in [-0.15, -0.1) is 0 Å². The van der Waals surface area contributed by atoms with E-state index in [1.54, 1.807) is 0 Å². The zero-order chi connectivity index (χ0) is 23.2. The quantitative estimate of drug-likeness (QED) is 0.526. The highest BCUT2D eigenvalue weighted by molar-refractivity contribution is 5.74. The van der Waals surface area contributed by atoms with Gasteiger partial charge in [-0.3, -0.25) is 0 Å². The van der Waals surface area contributed by atoms with E-state index in [-0.39, 0.29) is 6.03 Å². The van der Waals surface area contributed by atoms with E-state index < -0.39 is 0 Å². The zero-order valence-corrected chi connectivity index (χ0v) is 19.4. The maximum atomic E-state index is 12.7. The van der Waals surface area contributed by atoms with Crippen molar-refractivity contribution < 1.29 is 9.53 Å². The lowest BCUT2D eigenvalue weighted by Crippen LogP contribution is -2.47.